The lowest BCUT2D eigenvalue weighted by atomic mass is 10.2. The van der Waals surface area contributed by atoms with Crippen LogP contribution in [0.5, 0.6) is 0 Å². The molecule has 0 spiro atoms. The Labute approximate surface area is 155 Å². The molecule has 2 aromatic carbocycles. The lowest BCUT2D eigenvalue weighted by molar-refractivity contribution is 0.103. The highest BCUT2D eigenvalue weighted by Crippen LogP contribution is 2.37. The fraction of sp³-hybridized carbons (Fsp3) is 0. The van der Waals surface area contributed by atoms with Gasteiger partial charge in [0.05, 0.1) is 10.7 Å². The van der Waals surface area contributed by atoms with E-state index >= 15 is 0 Å². The molecule has 0 bridgehead atoms. The van der Waals surface area contributed by atoms with Crippen molar-refractivity contribution in [3.8, 4) is 0 Å². The van der Waals surface area contributed by atoms with E-state index in [-0.39, 0.29) is 0 Å². The van der Waals surface area contributed by atoms with Crippen LogP contribution in [-0.2, 0) is 0 Å². The molecule has 1 amide bonds. The molecule has 0 aliphatic carbocycles. The maximum atomic E-state index is 12.7. The summed E-state index contributed by atoms with van der Waals surface area (Å²) in [6.45, 7) is 0. The molecule has 0 radical (unpaired) electrons. The maximum Gasteiger partial charge on any atom is 0.338 e. The fourth-order valence-corrected chi connectivity index (χ4v) is 4.14. The molecule has 0 aliphatic rings. The second-order valence-corrected chi connectivity index (χ2v) is 7.18. The van der Waals surface area contributed by atoms with E-state index in [1.54, 1.807) is 36.4 Å². The molecule has 0 aliphatic heterocycles. The molecule has 4 rings (SSSR count). The van der Waals surface area contributed by atoms with Gasteiger partial charge >= 0.3 is 5.63 Å². The van der Waals surface area contributed by atoms with Gasteiger partial charge in [0.2, 0.25) is 0 Å². The van der Waals surface area contributed by atoms with Gasteiger partial charge in [-0.2, -0.15) is 0 Å². The van der Waals surface area contributed by atoms with Gasteiger partial charge in [0.15, 0.2) is 0 Å². The van der Waals surface area contributed by atoms with Gasteiger partial charge in [-0.25, -0.2) is 4.79 Å². The van der Waals surface area contributed by atoms with Crippen LogP contribution in [0.25, 0.3) is 21.1 Å². The molecule has 1 N–H and O–H groups in total. The van der Waals surface area contributed by atoms with Crippen molar-refractivity contribution in [1.82, 2.24) is 0 Å². The Balaban J connectivity index is 1.79. The number of rotatable bonds is 2. The zero-order chi connectivity index (χ0) is 17.6. The Kier molecular flexibility index (Phi) is 4.00. The first-order chi connectivity index (χ1) is 12.0. The van der Waals surface area contributed by atoms with Crippen molar-refractivity contribution >= 4 is 67.2 Å². The van der Waals surface area contributed by atoms with E-state index in [4.69, 9.17) is 27.6 Å². The largest absolute Gasteiger partial charge is 0.423 e. The highest BCUT2D eigenvalue weighted by atomic mass is 35.5. The zero-order valence-electron chi connectivity index (χ0n) is 12.5. The minimum Gasteiger partial charge on any atom is -0.423 e. The van der Waals surface area contributed by atoms with Crippen molar-refractivity contribution in [3.05, 3.63) is 73.9 Å². The molecular formula is C18H9Cl2NO3S. The van der Waals surface area contributed by atoms with Gasteiger partial charge in [0, 0.05) is 26.6 Å². The molecule has 0 fully saturated rings. The lowest BCUT2D eigenvalue weighted by Gasteiger charge is -2.06. The van der Waals surface area contributed by atoms with Gasteiger partial charge in [-0.3, -0.25) is 4.79 Å². The summed E-state index contributed by atoms with van der Waals surface area (Å²) >= 11 is 13.6. The third kappa shape index (κ3) is 2.91. The van der Waals surface area contributed by atoms with E-state index in [0.717, 1.165) is 10.1 Å². The first-order valence-electron chi connectivity index (χ1n) is 7.25. The fourth-order valence-electron chi connectivity index (χ4n) is 2.58. The van der Waals surface area contributed by atoms with Gasteiger partial charge in [-0.1, -0.05) is 35.3 Å². The van der Waals surface area contributed by atoms with Gasteiger partial charge in [0.25, 0.3) is 5.91 Å². The lowest BCUT2D eigenvalue weighted by Crippen LogP contribution is -2.13. The third-order valence-corrected chi connectivity index (χ3v) is 5.60. The number of hydrogen-bond donors (Lipinski definition) is 1. The summed E-state index contributed by atoms with van der Waals surface area (Å²) in [4.78, 5) is 24.8. The van der Waals surface area contributed by atoms with Crippen LogP contribution >= 0.6 is 34.5 Å². The summed E-state index contributed by atoms with van der Waals surface area (Å²) in [5, 5.41) is 5.00. The van der Waals surface area contributed by atoms with Gasteiger partial charge < -0.3 is 9.73 Å². The summed E-state index contributed by atoms with van der Waals surface area (Å²) in [5.74, 6) is -0.391. The topological polar surface area (TPSA) is 59.3 Å². The quantitative estimate of drug-likeness (QED) is 0.456. The van der Waals surface area contributed by atoms with Crippen LogP contribution in [0.3, 0.4) is 0 Å². The van der Waals surface area contributed by atoms with Crippen LogP contribution in [0.1, 0.15) is 9.67 Å². The van der Waals surface area contributed by atoms with Crippen LogP contribution in [-0.4, -0.2) is 5.91 Å². The first kappa shape index (κ1) is 16.1. The van der Waals surface area contributed by atoms with E-state index in [0.29, 0.717) is 31.6 Å². The van der Waals surface area contributed by atoms with Crippen LogP contribution in [0.4, 0.5) is 5.69 Å². The van der Waals surface area contributed by atoms with Crippen molar-refractivity contribution in [2.45, 2.75) is 0 Å². The Morgan fingerprint density at radius 2 is 1.84 bits per heavy atom. The Bertz CT molecular complexity index is 1200. The minimum atomic E-state index is -0.539. The van der Waals surface area contributed by atoms with Crippen molar-refractivity contribution in [3.63, 3.8) is 0 Å². The molecule has 2 aromatic heterocycles. The van der Waals surface area contributed by atoms with E-state index in [9.17, 15) is 9.59 Å². The molecule has 4 aromatic rings. The third-order valence-electron chi connectivity index (χ3n) is 3.69. The number of anilines is 1. The van der Waals surface area contributed by atoms with Crippen molar-refractivity contribution < 1.29 is 9.21 Å². The summed E-state index contributed by atoms with van der Waals surface area (Å²) in [5.41, 5.74) is 0.242. The molecule has 0 unspecified atom stereocenters. The number of nitrogens with one attached hydrogen (secondary N) is 1. The maximum absolute atomic E-state index is 12.7. The zero-order valence-corrected chi connectivity index (χ0v) is 14.8. The van der Waals surface area contributed by atoms with Crippen LogP contribution < -0.4 is 10.9 Å². The number of benzene rings is 2. The molecule has 0 saturated heterocycles. The molecule has 0 atom stereocenters. The molecular weight excluding hydrogens is 381 g/mol. The Morgan fingerprint density at radius 3 is 2.68 bits per heavy atom. The van der Waals surface area contributed by atoms with Gasteiger partial charge in [0.1, 0.15) is 10.5 Å². The first-order valence-corrected chi connectivity index (χ1v) is 8.82. The molecule has 4 nitrogen and oxygen atoms in total. The predicted octanol–water partition coefficient (Wildman–Crippen LogP) is 5.57. The number of halogens is 2. The Morgan fingerprint density at radius 1 is 1.04 bits per heavy atom. The standard InChI is InChI=1S/C18H9Cl2NO3S/c19-9-5-6-14-11(7-9)16(20)17(25-14)18(23)21-12-8-15(22)24-13-4-2-1-3-10(12)13/h1-8H,(H,21,23). The molecule has 7 heteroatoms. The number of fused-ring (bicyclic) bond motifs is 2. The van der Waals surface area contributed by atoms with Gasteiger partial charge in [-0.15, -0.1) is 11.3 Å². The number of hydrogen-bond acceptors (Lipinski definition) is 4. The normalized spacial score (nSPS) is 11.1. The van der Waals surface area contributed by atoms with E-state index in [1.807, 2.05) is 6.07 Å². The van der Waals surface area contributed by atoms with Crippen LogP contribution in [0.15, 0.2) is 57.7 Å². The van der Waals surface area contributed by atoms with Gasteiger partial charge in [-0.05, 0) is 30.3 Å². The Hall–Kier alpha value is -2.34. The summed E-state index contributed by atoms with van der Waals surface area (Å²) < 4.78 is 5.99. The second-order valence-electron chi connectivity index (χ2n) is 5.32. The second kappa shape index (κ2) is 6.19. The summed E-state index contributed by atoms with van der Waals surface area (Å²) in [7, 11) is 0. The highest BCUT2D eigenvalue weighted by Gasteiger charge is 2.18. The predicted molar refractivity (Wildman–Crippen MR) is 102 cm³/mol. The van der Waals surface area contributed by atoms with Crippen molar-refractivity contribution in [2.75, 3.05) is 5.32 Å². The van der Waals surface area contributed by atoms with E-state index < -0.39 is 11.5 Å². The SMILES string of the molecule is O=C(Nc1cc(=O)oc2ccccc12)c1sc2ccc(Cl)cc2c1Cl. The highest BCUT2D eigenvalue weighted by molar-refractivity contribution is 7.21. The van der Waals surface area contributed by atoms with Crippen molar-refractivity contribution in [2.24, 2.45) is 0 Å². The number of para-hydroxylation sites is 1. The molecule has 2 heterocycles. The van der Waals surface area contributed by atoms with Crippen molar-refractivity contribution in [1.29, 1.82) is 0 Å². The molecule has 124 valence electrons. The molecule has 25 heavy (non-hydrogen) atoms. The number of amides is 1. The molecule has 0 saturated carbocycles. The van der Waals surface area contributed by atoms with E-state index in [2.05, 4.69) is 5.32 Å². The number of carbonyl (C=O) groups excluding carboxylic acids is 1. The van der Waals surface area contributed by atoms with E-state index in [1.165, 1.54) is 17.4 Å². The minimum absolute atomic E-state index is 0.340. The average molecular weight is 390 g/mol. The monoisotopic (exact) mass is 389 g/mol. The van der Waals surface area contributed by atoms with Crippen LogP contribution in [0.2, 0.25) is 10.0 Å². The number of thiophene rings is 1. The summed E-state index contributed by atoms with van der Waals surface area (Å²) in [6, 6.07) is 13.5. The van der Waals surface area contributed by atoms with Crippen LogP contribution in [0, 0.1) is 0 Å². The smallest absolute Gasteiger partial charge is 0.338 e. The summed E-state index contributed by atoms with van der Waals surface area (Å²) in [6.07, 6.45) is 0. The number of carbonyl (C=O) groups is 1. The average Bonchev–Trinajstić information content (AvgIpc) is 2.91.